The lowest BCUT2D eigenvalue weighted by Crippen LogP contribution is -2.42. The molecule has 0 atom stereocenters. The van der Waals surface area contributed by atoms with Crippen molar-refractivity contribution in [3.8, 4) is 0 Å². The lowest BCUT2D eigenvalue weighted by Gasteiger charge is -2.12. The molecule has 5 nitrogen and oxygen atoms in total. The molecule has 108 valence electrons. The van der Waals surface area contributed by atoms with Crippen molar-refractivity contribution in [3.63, 3.8) is 0 Å². The van der Waals surface area contributed by atoms with Gasteiger partial charge in [-0.05, 0) is 6.26 Å². The van der Waals surface area contributed by atoms with Crippen molar-refractivity contribution in [1.29, 1.82) is 0 Å². The van der Waals surface area contributed by atoms with Gasteiger partial charge in [-0.2, -0.15) is 11.8 Å². The second kappa shape index (κ2) is 13.3. The van der Waals surface area contributed by atoms with Crippen LogP contribution in [0.2, 0.25) is 0 Å². The first-order valence-corrected chi connectivity index (χ1v) is 7.22. The Kier molecular flexibility index (Phi) is 14.8. The molecule has 18 heavy (non-hydrogen) atoms. The van der Waals surface area contributed by atoms with E-state index >= 15 is 0 Å². The lowest BCUT2D eigenvalue weighted by molar-refractivity contribution is -0.123. The standard InChI is InChI=1S/C11H24N4OS.HI/c1-9(2)10(16)13-5-6-14-11(12-3)15-7-8-17-4;/h9H,5-8H2,1-4H3,(H,13,16)(H2,12,14,15);1H. The summed E-state index contributed by atoms with van der Waals surface area (Å²) in [5.41, 5.74) is 0. The third kappa shape index (κ3) is 10.9. The summed E-state index contributed by atoms with van der Waals surface area (Å²) in [6.07, 6.45) is 2.07. The molecule has 0 aliphatic carbocycles. The number of nitrogens with one attached hydrogen (secondary N) is 3. The molecule has 0 heterocycles. The van der Waals surface area contributed by atoms with Crippen LogP contribution in [-0.2, 0) is 4.79 Å². The van der Waals surface area contributed by atoms with E-state index in [1.807, 2.05) is 13.8 Å². The maximum Gasteiger partial charge on any atom is 0.222 e. The van der Waals surface area contributed by atoms with Gasteiger partial charge < -0.3 is 16.0 Å². The number of nitrogens with zero attached hydrogens (tertiary/aromatic N) is 1. The summed E-state index contributed by atoms with van der Waals surface area (Å²) in [5, 5.41) is 9.16. The quantitative estimate of drug-likeness (QED) is 0.263. The van der Waals surface area contributed by atoms with Gasteiger partial charge in [0.25, 0.3) is 0 Å². The number of carbonyl (C=O) groups excluding carboxylic acids is 1. The van der Waals surface area contributed by atoms with Crippen LogP contribution in [0.1, 0.15) is 13.8 Å². The van der Waals surface area contributed by atoms with Gasteiger partial charge >= 0.3 is 0 Å². The zero-order valence-corrected chi connectivity index (χ0v) is 14.7. The monoisotopic (exact) mass is 388 g/mol. The van der Waals surface area contributed by atoms with Gasteiger partial charge in [-0.3, -0.25) is 9.79 Å². The molecule has 0 unspecified atom stereocenters. The van der Waals surface area contributed by atoms with Crippen molar-refractivity contribution in [2.24, 2.45) is 10.9 Å². The SMILES string of the molecule is CN=C(NCCNC(=O)C(C)C)NCCSC.I. The molecule has 0 radical (unpaired) electrons. The van der Waals surface area contributed by atoms with E-state index in [9.17, 15) is 4.79 Å². The highest BCUT2D eigenvalue weighted by Crippen LogP contribution is 1.89. The summed E-state index contributed by atoms with van der Waals surface area (Å²) in [5.74, 6) is 1.94. The second-order valence-corrected chi connectivity index (χ2v) is 4.85. The lowest BCUT2D eigenvalue weighted by atomic mass is 10.2. The number of amides is 1. The Morgan fingerprint density at radius 2 is 1.72 bits per heavy atom. The summed E-state index contributed by atoms with van der Waals surface area (Å²) >= 11 is 1.79. The summed E-state index contributed by atoms with van der Waals surface area (Å²) in [7, 11) is 1.74. The van der Waals surface area contributed by atoms with Gasteiger partial charge in [0.1, 0.15) is 0 Å². The third-order valence-corrected chi connectivity index (χ3v) is 2.68. The van der Waals surface area contributed by atoms with Crippen LogP contribution in [0.4, 0.5) is 0 Å². The maximum absolute atomic E-state index is 11.3. The van der Waals surface area contributed by atoms with E-state index in [0.29, 0.717) is 13.1 Å². The van der Waals surface area contributed by atoms with Gasteiger partial charge in [-0.25, -0.2) is 0 Å². The largest absolute Gasteiger partial charge is 0.356 e. The number of halogens is 1. The minimum atomic E-state index is 0. The van der Waals surface area contributed by atoms with Gasteiger partial charge in [0.05, 0.1) is 0 Å². The Hall–Kier alpha value is -0.180. The number of guanidine groups is 1. The van der Waals surface area contributed by atoms with Gasteiger partial charge in [-0.15, -0.1) is 24.0 Å². The molecule has 0 bridgehead atoms. The van der Waals surface area contributed by atoms with E-state index in [0.717, 1.165) is 18.3 Å². The Bertz CT molecular complexity index is 249. The number of thioether (sulfide) groups is 1. The molecular weight excluding hydrogens is 363 g/mol. The van der Waals surface area contributed by atoms with Crippen molar-refractivity contribution >= 4 is 47.6 Å². The van der Waals surface area contributed by atoms with Gasteiger partial charge in [0.2, 0.25) is 5.91 Å². The number of hydrogen-bond donors (Lipinski definition) is 3. The van der Waals surface area contributed by atoms with Crippen molar-refractivity contribution in [3.05, 3.63) is 0 Å². The Morgan fingerprint density at radius 3 is 2.22 bits per heavy atom. The first-order chi connectivity index (χ1) is 8.11. The summed E-state index contributed by atoms with van der Waals surface area (Å²) in [6, 6.07) is 0. The fourth-order valence-corrected chi connectivity index (χ4v) is 1.37. The van der Waals surface area contributed by atoms with E-state index in [-0.39, 0.29) is 35.8 Å². The highest BCUT2D eigenvalue weighted by atomic mass is 127. The first-order valence-electron chi connectivity index (χ1n) is 5.83. The molecule has 1 amide bonds. The fraction of sp³-hybridized carbons (Fsp3) is 0.818. The minimum absolute atomic E-state index is 0. The normalized spacial score (nSPS) is 10.8. The van der Waals surface area contributed by atoms with E-state index in [4.69, 9.17) is 0 Å². The number of hydrogen-bond acceptors (Lipinski definition) is 3. The molecule has 0 aromatic carbocycles. The van der Waals surface area contributed by atoms with Crippen LogP contribution in [0.5, 0.6) is 0 Å². The number of carbonyl (C=O) groups is 1. The zero-order chi connectivity index (χ0) is 13.1. The molecular formula is C11H25IN4OS. The molecule has 3 N–H and O–H groups in total. The van der Waals surface area contributed by atoms with Gasteiger partial charge in [0.15, 0.2) is 5.96 Å². The minimum Gasteiger partial charge on any atom is -0.356 e. The van der Waals surface area contributed by atoms with Gasteiger partial charge in [0, 0.05) is 38.4 Å². The van der Waals surface area contributed by atoms with Crippen LogP contribution in [0.3, 0.4) is 0 Å². The fourth-order valence-electron chi connectivity index (χ4n) is 1.06. The Balaban J connectivity index is 0. The van der Waals surface area contributed by atoms with Crippen molar-refractivity contribution in [2.75, 3.05) is 38.7 Å². The molecule has 0 aliphatic heterocycles. The summed E-state index contributed by atoms with van der Waals surface area (Å²) < 4.78 is 0. The van der Waals surface area contributed by atoms with E-state index in [1.54, 1.807) is 18.8 Å². The molecule has 0 saturated carbocycles. The third-order valence-electron chi connectivity index (χ3n) is 2.06. The molecule has 0 rings (SSSR count). The van der Waals surface area contributed by atoms with E-state index in [1.165, 1.54) is 0 Å². The predicted octanol–water partition coefficient (Wildman–Crippen LogP) is 0.905. The highest BCUT2D eigenvalue weighted by Gasteiger charge is 2.04. The molecule has 7 heteroatoms. The van der Waals surface area contributed by atoms with Crippen molar-refractivity contribution in [2.45, 2.75) is 13.8 Å². The number of rotatable bonds is 7. The van der Waals surface area contributed by atoms with Crippen LogP contribution in [0.15, 0.2) is 4.99 Å². The van der Waals surface area contributed by atoms with Crippen molar-refractivity contribution in [1.82, 2.24) is 16.0 Å². The van der Waals surface area contributed by atoms with Gasteiger partial charge in [-0.1, -0.05) is 13.8 Å². The molecule has 0 fully saturated rings. The van der Waals surface area contributed by atoms with Crippen LogP contribution in [0.25, 0.3) is 0 Å². The zero-order valence-electron chi connectivity index (χ0n) is 11.6. The van der Waals surface area contributed by atoms with Crippen LogP contribution < -0.4 is 16.0 Å². The highest BCUT2D eigenvalue weighted by molar-refractivity contribution is 14.0. The van der Waals surface area contributed by atoms with E-state index < -0.39 is 0 Å². The molecule has 0 aromatic rings. The van der Waals surface area contributed by atoms with Crippen LogP contribution in [-0.4, -0.2) is 50.6 Å². The average molecular weight is 388 g/mol. The predicted molar refractivity (Wildman–Crippen MR) is 91.0 cm³/mol. The summed E-state index contributed by atoms with van der Waals surface area (Å²) in [4.78, 5) is 15.4. The average Bonchev–Trinajstić information content (AvgIpc) is 2.31. The molecule has 0 saturated heterocycles. The topological polar surface area (TPSA) is 65.5 Å². The smallest absolute Gasteiger partial charge is 0.222 e. The Morgan fingerprint density at radius 1 is 1.17 bits per heavy atom. The first kappa shape index (κ1) is 20.1. The van der Waals surface area contributed by atoms with Crippen LogP contribution in [0, 0.1) is 5.92 Å². The molecule has 0 aliphatic rings. The maximum atomic E-state index is 11.3. The second-order valence-electron chi connectivity index (χ2n) is 3.86. The van der Waals surface area contributed by atoms with E-state index in [2.05, 4.69) is 27.2 Å². The molecule has 0 spiro atoms. The molecule has 0 aromatic heterocycles. The van der Waals surface area contributed by atoms with Crippen LogP contribution >= 0.6 is 35.7 Å². The number of aliphatic imine (C=N–C) groups is 1. The Labute approximate surface area is 131 Å². The van der Waals surface area contributed by atoms with Crippen molar-refractivity contribution < 1.29 is 4.79 Å². The summed E-state index contributed by atoms with van der Waals surface area (Å²) in [6.45, 7) is 5.94.